The van der Waals surface area contributed by atoms with Crippen LogP contribution in [-0.2, 0) is 0 Å². The van der Waals surface area contributed by atoms with Crippen molar-refractivity contribution < 1.29 is 9.18 Å². The second kappa shape index (κ2) is 4.71. The van der Waals surface area contributed by atoms with E-state index in [0.29, 0.717) is 9.24 Å². The van der Waals surface area contributed by atoms with Gasteiger partial charge in [0.05, 0.1) is 5.56 Å². The summed E-state index contributed by atoms with van der Waals surface area (Å²) in [6.45, 7) is 1.35. The maximum Gasteiger partial charge on any atom is 0.174 e. The first-order valence-electron chi connectivity index (χ1n) is 4.42. The van der Waals surface area contributed by atoms with Crippen molar-refractivity contribution in [1.29, 1.82) is 0 Å². The number of ketones is 1. The lowest BCUT2D eigenvalue weighted by atomic mass is 10.1. The first-order chi connectivity index (χ1) is 7.68. The molecule has 1 heterocycles. The third-order valence-electron chi connectivity index (χ3n) is 1.87. The molecule has 0 atom stereocenters. The first kappa shape index (κ1) is 11.2. The minimum Gasteiger partial charge on any atom is -0.294 e. The van der Waals surface area contributed by atoms with Crippen molar-refractivity contribution >= 4 is 29.1 Å². The van der Waals surface area contributed by atoms with Crippen molar-refractivity contribution in [2.24, 2.45) is 0 Å². The molecule has 0 aliphatic heterocycles. The lowest BCUT2D eigenvalue weighted by Crippen LogP contribution is -1.99. The van der Waals surface area contributed by atoms with E-state index in [0.717, 1.165) is 0 Å². The predicted molar refractivity (Wildman–Crippen MR) is 60.4 cm³/mol. The van der Waals surface area contributed by atoms with Gasteiger partial charge in [-0.1, -0.05) is 17.8 Å². The summed E-state index contributed by atoms with van der Waals surface area (Å²) in [6.07, 6.45) is 1.43. The number of carbonyl (C=O) groups excluding carboxylic acids is 1. The third-order valence-corrected chi connectivity index (χ3v) is 3.64. The van der Waals surface area contributed by atoms with E-state index in [1.165, 1.54) is 42.6 Å². The molecule has 0 amide bonds. The standard InChI is InChI=1S/C10H7FN2OS2/c1-6(14)9-7(11)3-2-4-8(9)15-10-12-5-13-16-10/h2-5H,1H3. The van der Waals surface area contributed by atoms with Gasteiger partial charge in [0.15, 0.2) is 10.1 Å². The summed E-state index contributed by atoms with van der Waals surface area (Å²) < 4.78 is 18.0. The Balaban J connectivity index is 2.40. The van der Waals surface area contributed by atoms with E-state index in [-0.39, 0.29) is 11.3 Å². The van der Waals surface area contributed by atoms with Crippen LogP contribution in [-0.4, -0.2) is 15.1 Å². The van der Waals surface area contributed by atoms with Gasteiger partial charge in [-0.3, -0.25) is 4.79 Å². The number of hydrogen-bond donors (Lipinski definition) is 0. The quantitative estimate of drug-likeness (QED) is 0.790. The molecule has 1 aromatic heterocycles. The van der Waals surface area contributed by atoms with Gasteiger partial charge < -0.3 is 0 Å². The molecule has 1 aromatic carbocycles. The van der Waals surface area contributed by atoms with Crippen molar-refractivity contribution in [1.82, 2.24) is 9.36 Å². The average molecular weight is 254 g/mol. The van der Waals surface area contributed by atoms with E-state index in [1.807, 2.05) is 0 Å². The Morgan fingerprint density at radius 1 is 1.50 bits per heavy atom. The Bertz CT molecular complexity index is 514. The number of halogens is 1. The molecule has 16 heavy (non-hydrogen) atoms. The number of rotatable bonds is 3. The lowest BCUT2D eigenvalue weighted by molar-refractivity contribution is 0.101. The molecule has 3 nitrogen and oxygen atoms in total. The van der Waals surface area contributed by atoms with Crippen LogP contribution in [0.2, 0.25) is 0 Å². The Kier molecular flexibility index (Phi) is 3.31. The van der Waals surface area contributed by atoms with Crippen LogP contribution in [0.25, 0.3) is 0 Å². The van der Waals surface area contributed by atoms with Gasteiger partial charge in [-0.15, -0.1) is 0 Å². The monoisotopic (exact) mass is 254 g/mol. The highest BCUT2D eigenvalue weighted by Gasteiger charge is 2.14. The molecule has 0 radical (unpaired) electrons. The van der Waals surface area contributed by atoms with Gasteiger partial charge in [-0.2, -0.15) is 4.37 Å². The highest BCUT2D eigenvalue weighted by molar-refractivity contribution is 8.01. The molecule has 0 aliphatic carbocycles. The summed E-state index contributed by atoms with van der Waals surface area (Å²) in [5.74, 6) is -0.785. The Morgan fingerprint density at radius 3 is 2.94 bits per heavy atom. The summed E-state index contributed by atoms with van der Waals surface area (Å²) in [6, 6.07) is 4.55. The summed E-state index contributed by atoms with van der Waals surface area (Å²) >= 11 is 2.46. The molecule has 0 N–H and O–H groups in total. The van der Waals surface area contributed by atoms with Gasteiger partial charge >= 0.3 is 0 Å². The van der Waals surface area contributed by atoms with Crippen molar-refractivity contribution in [3.63, 3.8) is 0 Å². The van der Waals surface area contributed by atoms with Crippen LogP contribution in [0, 0.1) is 5.82 Å². The minimum absolute atomic E-state index is 0.114. The molecule has 0 bridgehead atoms. The Morgan fingerprint density at radius 2 is 2.31 bits per heavy atom. The highest BCUT2D eigenvalue weighted by Crippen LogP contribution is 2.32. The van der Waals surface area contributed by atoms with Crippen LogP contribution in [0.15, 0.2) is 33.8 Å². The van der Waals surface area contributed by atoms with Crippen molar-refractivity contribution in [3.05, 3.63) is 35.9 Å². The van der Waals surface area contributed by atoms with E-state index in [4.69, 9.17) is 0 Å². The summed E-state index contributed by atoms with van der Waals surface area (Å²) in [7, 11) is 0. The molecule has 6 heteroatoms. The number of carbonyl (C=O) groups is 1. The summed E-state index contributed by atoms with van der Waals surface area (Å²) in [4.78, 5) is 15.9. The van der Waals surface area contributed by atoms with Gasteiger partial charge in [0.1, 0.15) is 12.1 Å². The van der Waals surface area contributed by atoms with Crippen LogP contribution in [0.5, 0.6) is 0 Å². The smallest absolute Gasteiger partial charge is 0.174 e. The molecule has 2 rings (SSSR count). The zero-order valence-electron chi connectivity index (χ0n) is 8.31. The molecule has 0 spiro atoms. The first-order valence-corrected chi connectivity index (χ1v) is 6.01. The molecule has 0 saturated carbocycles. The SMILES string of the molecule is CC(=O)c1c(F)cccc1Sc1ncns1. The maximum absolute atomic E-state index is 13.5. The molecule has 0 aliphatic rings. The lowest BCUT2D eigenvalue weighted by Gasteiger charge is -2.04. The number of benzene rings is 1. The topological polar surface area (TPSA) is 42.9 Å². The van der Waals surface area contributed by atoms with Crippen LogP contribution < -0.4 is 0 Å². The van der Waals surface area contributed by atoms with E-state index < -0.39 is 5.82 Å². The van der Waals surface area contributed by atoms with Crippen molar-refractivity contribution in [2.45, 2.75) is 16.2 Å². The fourth-order valence-electron chi connectivity index (χ4n) is 1.23. The highest BCUT2D eigenvalue weighted by atomic mass is 32.2. The Hall–Kier alpha value is -1.27. The van der Waals surface area contributed by atoms with Gasteiger partial charge in [0.25, 0.3) is 0 Å². The number of hydrogen-bond acceptors (Lipinski definition) is 5. The van der Waals surface area contributed by atoms with Gasteiger partial charge in [-0.25, -0.2) is 9.37 Å². The number of nitrogens with zero attached hydrogens (tertiary/aromatic N) is 2. The third kappa shape index (κ3) is 2.28. The zero-order valence-corrected chi connectivity index (χ0v) is 9.94. The molecule has 2 aromatic rings. The summed E-state index contributed by atoms with van der Waals surface area (Å²) in [5, 5.41) is 0. The van der Waals surface area contributed by atoms with Crippen LogP contribution in [0.4, 0.5) is 4.39 Å². The van der Waals surface area contributed by atoms with Crippen LogP contribution in [0.3, 0.4) is 0 Å². The molecular weight excluding hydrogens is 247 g/mol. The van der Waals surface area contributed by atoms with Crippen LogP contribution >= 0.6 is 23.3 Å². The van der Waals surface area contributed by atoms with Crippen molar-refractivity contribution in [3.8, 4) is 0 Å². The molecule has 0 fully saturated rings. The maximum atomic E-state index is 13.5. The average Bonchev–Trinajstić information content (AvgIpc) is 2.70. The molecule has 0 saturated heterocycles. The second-order valence-corrected chi connectivity index (χ2v) is 5.05. The van der Waals surface area contributed by atoms with Gasteiger partial charge in [-0.05, 0) is 30.6 Å². The second-order valence-electron chi connectivity index (χ2n) is 2.98. The number of aromatic nitrogens is 2. The number of Topliss-reactive ketones (excluding diaryl/α,β-unsaturated/α-hetero) is 1. The van der Waals surface area contributed by atoms with E-state index >= 15 is 0 Å². The predicted octanol–water partition coefficient (Wildman–Crippen LogP) is 3.03. The van der Waals surface area contributed by atoms with E-state index in [9.17, 15) is 9.18 Å². The fraction of sp³-hybridized carbons (Fsp3) is 0.100. The van der Waals surface area contributed by atoms with Crippen LogP contribution in [0.1, 0.15) is 17.3 Å². The Labute approximate surface area is 99.9 Å². The van der Waals surface area contributed by atoms with E-state index in [1.54, 1.807) is 12.1 Å². The van der Waals surface area contributed by atoms with Gasteiger partial charge in [0, 0.05) is 4.90 Å². The normalized spacial score (nSPS) is 10.4. The zero-order chi connectivity index (χ0) is 11.5. The van der Waals surface area contributed by atoms with Crippen molar-refractivity contribution in [2.75, 3.05) is 0 Å². The summed E-state index contributed by atoms with van der Waals surface area (Å²) in [5.41, 5.74) is 0.114. The largest absolute Gasteiger partial charge is 0.294 e. The fourth-order valence-corrected chi connectivity index (χ4v) is 2.84. The molecule has 0 unspecified atom stereocenters. The minimum atomic E-state index is -0.498. The molecular formula is C10H7FN2OS2. The van der Waals surface area contributed by atoms with Gasteiger partial charge in [0.2, 0.25) is 0 Å². The molecule has 82 valence electrons. The van der Waals surface area contributed by atoms with E-state index in [2.05, 4.69) is 9.36 Å².